The Hall–Kier alpha value is -0.590. The minimum Gasteiger partial charge on any atom is -0.370 e. The molecule has 0 atom stereocenters. The lowest BCUT2D eigenvalue weighted by atomic mass is 10.1. The first-order valence-corrected chi connectivity index (χ1v) is 10.1. The second kappa shape index (κ2) is 6.26. The van der Waals surface area contributed by atoms with Gasteiger partial charge in [-0.15, -0.1) is 0 Å². The van der Waals surface area contributed by atoms with Crippen LogP contribution in [0.5, 0.6) is 0 Å². The molecule has 0 unspecified atom stereocenters. The number of nitrogens with zero attached hydrogens (tertiary/aromatic N) is 1. The molecule has 1 aliphatic heterocycles. The SMILES string of the molecule is O=S1(=O)CCCN(c2cc(Br)ccc2CNC2CC2)CC1. The third-order valence-corrected chi connectivity index (χ3v) is 6.31. The maximum absolute atomic E-state index is 11.8. The van der Waals surface area contributed by atoms with Gasteiger partial charge >= 0.3 is 0 Å². The molecule has 0 spiro atoms. The van der Waals surface area contributed by atoms with Gasteiger partial charge in [-0.3, -0.25) is 0 Å². The van der Waals surface area contributed by atoms with E-state index in [2.05, 4.69) is 44.3 Å². The highest BCUT2D eigenvalue weighted by Gasteiger charge is 2.23. The smallest absolute Gasteiger partial charge is 0.152 e. The molecule has 1 heterocycles. The zero-order chi connectivity index (χ0) is 14.9. The van der Waals surface area contributed by atoms with Crippen LogP contribution < -0.4 is 10.2 Å². The summed E-state index contributed by atoms with van der Waals surface area (Å²) in [6, 6.07) is 6.98. The minimum absolute atomic E-state index is 0.259. The fourth-order valence-corrected chi connectivity index (χ4v) is 4.32. The molecule has 0 bridgehead atoms. The lowest BCUT2D eigenvalue weighted by molar-refractivity contribution is 0.597. The van der Waals surface area contributed by atoms with Crippen LogP contribution >= 0.6 is 15.9 Å². The number of nitrogens with one attached hydrogen (secondary N) is 1. The molecule has 1 aliphatic carbocycles. The third-order valence-electron chi connectivity index (χ3n) is 4.10. The van der Waals surface area contributed by atoms with Crippen LogP contribution in [-0.4, -0.2) is 39.1 Å². The van der Waals surface area contributed by atoms with Crippen molar-refractivity contribution in [3.05, 3.63) is 28.2 Å². The summed E-state index contributed by atoms with van der Waals surface area (Å²) in [6.07, 6.45) is 3.26. The normalized spacial score (nSPS) is 22.0. The number of hydrogen-bond donors (Lipinski definition) is 1. The van der Waals surface area contributed by atoms with Gasteiger partial charge in [-0.2, -0.15) is 0 Å². The molecule has 1 saturated heterocycles. The van der Waals surface area contributed by atoms with Crippen LogP contribution in [0.1, 0.15) is 24.8 Å². The maximum atomic E-state index is 11.8. The summed E-state index contributed by atoms with van der Waals surface area (Å²) in [7, 11) is -2.87. The topological polar surface area (TPSA) is 49.4 Å². The zero-order valence-corrected chi connectivity index (χ0v) is 14.4. The van der Waals surface area contributed by atoms with E-state index in [-0.39, 0.29) is 5.75 Å². The highest BCUT2D eigenvalue weighted by atomic mass is 79.9. The van der Waals surface area contributed by atoms with E-state index in [1.165, 1.54) is 18.4 Å². The van der Waals surface area contributed by atoms with Gasteiger partial charge in [0.25, 0.3) is 0 Å². The average molecular weight is 373 g/mol. The van der Waals surface area contributed by atoms with Gasteiger partial charge in [0, 0.05) is 35.8 Å². The van der Waals surface area contributed by atoms with E-state index in [0.717, 1.165) is 23.2 Å². The van der Waals surface area contributed by atoms with Crippen molar-refractivity contribution in [1.82, 2.24) is 5.32 Å². The summed E-state index contributed by atoms with van der Waals surface area (Å²) in [5.41, 5.74) is 2.42. The van der Waals surface area contributed by atoms with E-state index in [4.69, 9.17) is 0 Å². The Labute approximate surface area is 135 Å². The maximum Gasteiger partial charge on any atom is 0.152 e. The number of hydrogen-bond acceptors (Lipinski definition) is 4. The predicted molar refractivity (Wildman–Crippen MR) is 89.5 cm³/mol. The zero-order valence-electron chi connectivity index (χ0n) is 12.0. The van der Waals surface area contributed by atoms with Crippen LogP contribution in [0.15, 0.2) is 22.7 Å². The molecule has 1 aromatic rings. The Bertz CT molecular complexity index is 614. The number of rotatable bonds is 4. The molecular weight excluding hydrogens is 352 g/mol. The summed E-state index contributed by atoms with van der Waals surface area (Å²) in [5, 5.41) is 3.54. The summed E-state index contributed by atoms with van der Waals surface area (Å²) in [5.74, 6) is 0.572. The monoisotopic (exact) mass is 372 g/mol. The average Bonchev–Trinajstić information content (AvgIpc) is 3.25. The van der Waals surface area contributed by atoms with E-state index in [1.807, 2.05) is 0 Å². The Morgan fingerprint density at radius 3 is 2.81 bits per heavy atom. The standard InChI is InChI=1S/C15H21BrN2O2S/c16-13-3-2-12(11-17-14-4-5-14)15(10-13)18-6-1-8-21(19,20)9-7-18/h2-3,10,14,17H,1,4-9,11H2. The lowest BCUT2D eigenvalue weighted by Crippen LogP contribution is -2.28. The molecule has 3 rings (SSSR count). The van der Waals surface area contributed by atoms with Crippen molar-refractivity contribution in [3.63, 3.8) is 0 Å². The van der Waals surface area contributed by atoms with Gasteiger partial charge in [-0.05, 0) is 37.0 Å². The molecule has 0 radical (unpaired) electrons. The number of anilines is 1. The molecule has 1 N–H and O–H groups in total. The van der Waals surface area contributed by atoms with Gasteiger partial charge in [0.15, 0.2) is 9.84 Å². The number of halogens is 1. The van der Waals surface area contributed by atoms with E-state index < -0.39 is 9.84 Å². The second-order valence-corrected chi connectivity index (χ2v) is 9.14. The van der Waals surface area contributed by atoms with Crippen molar-refractivity contribution in [2.75, 3.05) is 29.5 Å². The van der Waals surface area contributed by atoms with E-state index in [1.54, 1.807) is 0 Å². The molecule has 2 fully saturated rings. The molecule has 1 saturated carbocycles. The van der Waals surface area contributed by atoms with Crippen molar-refractivity contribution in [2.45, 2.75) is 31.8 Å². The van der Waals surface area contributed by atoms with Crippen molar-refractivity contribution in [3.8, 4) is 0 Å². The van der Waals surface area contributed by atoms with Gasteiger partial charge in [-0.25, -0.2) is 8.42 Å². The number of benzene rings is 1. The fourth-order valence-electron chi connectivity index (χ4n) is 2.70. The minimum atomic E-state index is -2.87. The van der Waals surface area contributed by atoms with Crippen LogP contribution in [0.4, 0.5) is 5.69 Å². The van der Waals surface area contributed by atoms with Gasteiger partial charge < -0.3 is 10.2 Å². The molecular formula is C15H21BrN2O2S. The van der Waals surface area contributed by atoms with Crippen molar-refractivity contribution in [2.24, 2.45) is 0 Å². The van der Waals surface area contributed by atoms with Crippen LogP contribution in [0.2, 0.25) is 0 Å². The first kappa shape index (κ1) is 15.3. The van der Waals surface area contributed by atoms with E-state index >= 15 is 0 Å². The summed E-state index contributed by atoms with van der Waals surface area (Å²) in [6.45, 7) is 2.26. The van der Waals surface area contributed by atoms with Gasteiger partial charge in [-0.1, -0.05) is 22.0 Å². The van der Waals surface area contributed by atoms with Gasteiger partial charge in [0.05, 0.1) is 11.5 Å². The Kier molecular flexibility index (Phi) is 4.57. The van der Waals surface area contributed by atoms with Crippen LogP contribution in [-0.2, 0) is 16.4 Å². The summed E-state index contributed by atoms with van der Waals surface area (Å²) < 4.78 is 24.6. The van der Waals surface area contributed by atoms with Crippen LogP contribution in [0.3, 0.4) is 0 Å². The molecule has 4 nitrogen and oxygen atoms in total. The Morgan fingerprint density at radius 2 is 2.05 bits per heavy atom. The highest BCUT2D eigenvalue weighted by molar-refractivity contribution is 9.10. The van der Waals surface area contributed by atoms with Gasteiger partial charge in [0.2, 0.25) is 0 Å². The van der Waals surface area contributed by atoms with Crippen LogP contribution in [0, 0.1) is 0 Å². The quantitative estimate of drug-likeness (QED) is 0.880. The van der Waals surface area contributed by atoms with Crippen molar-refractivity contribution >= 4 is 31.5 Å². The largest absolute Gasteiger partial charge is 0.370 e. The lowest BCUT2D eigenvalue weighted by Gasteiger charge is -2.25. The predicted octanol–water partition coefficient (Wildman–Crippen LogP) is 2.33. The molecule has 0 amide bonds. The molecule has 2 aliphatic rings. The number of sulfone groups is 1. The first-order chi connectivity index (χ1) is 10.0. The van der Waals surface area contributed by atoms with Crippen molar-refractivity contribution in [1.29, 1.82) is 0 Å². The molecule has 1 aromatic carbocycles. The second-order valence-electron chi connectivity index (χ2n) is 5.92. The summed E-state index contributed by atoms with van der Waals surface area (Å²) >= 11 is 3.53. The fraction of sp³-hybridized carbons (Fsp3) is 0.600. The van der Waals surface area contributed by atoms with Crippen LogP contribution in [0.25, 0.3) is 0 Å². The molecule has 116 valence electrons. The third kappa shape index (κ3) is 4.20. The summed E-state index contributed by atoms with van der Waals surface area (Å²) in [4.78, 5) is 2.22. The Morgan fingerprint density at radius 1 is 1.24 bits per heavy atom. The molecule has 6 heteroatoms. The highest BCUT2D eigenvalue weighted by Crippen LogP contribution is 2.28. The van der Waals surface area contributed by atoms with E-state index in [0.29, 0.717) is 24.8 Å². The van der Waals surface area contributed by atoms with Crippen molar-refractivity contribution < 1.29 is 8.42 Å². The Balaban J connectivity index is 1.79. The van der Waals surface area contributed by atoms with Gasteiger partial charge in [0.1, 0.15) is 0 Å². The molecule has 0 aromatic heterocycles. The molecule has 21 heavy (non-hydrogen) atoms. The van der Waals surface area contributed by atoms with E-state index in [9.17, 15) is 8.42 Å². The first-order valence-electron chi connectivity index (χ1n) is 7.51.